The van der Waals surface area contributed by atoms with Crippen LogP contribution in [0.2, 0.25) is 0 Å². The molecule has 6 heteroatoms. The minimum atomic E-state index is -0.238. The lowest BCUT2D eigenvalue weighted by molar-refractivity contribution is -0.140. The van der Waals surface area contributed by atoms with Crippen molar-refractivity contribution in [1.82, 2.24) is 0 Å². The normalized spacial score (nSPS) is 8.45. The minimum Gasteiger partial charge on any atom is -0.469 e. The predicted octanol–water partition coefficient (Wildman–Crippen LogP) is 1.55. The highest BCUT2D eigenvalue weighted by Gasteiger charge is 1.97. The summed E-state index contributed by atoms with van der Waals surface area (Å²) in [6.45, 7) is 0. The Morgan fingerprint density at radius 3 is 3.09 bits per heavy atom. The number of azide groups is 1. The molecule has 0 aromatic rings. The fraction of sp³-hybridized carbons (Fsp3) is 0.800. The summed E-state index contributed by atoms with van der Waals surface area (Å²) in [4.78, 5) is 13.1. The van der Waals surface area contributed by atoms with E-state index in [4.69, 9.17) is 5.53 Å². The molecular weight excluding hydrogens is 166 g/mol. The SMILES string of the molecule is COC(=O)CCSCN=[N+]=[N-]. The number of carbonyl (C=O) groups is 1. The number of hydrogen-bond acceptors (Lipinski definition) is 4. The van der Waals surface area contributed by atoms with E-state index >= 15 is 0 Å². The van der Waals surface area contributed by atoms with Crippen molar-refractivity contribution in [2.45, 2.75) is 6.42 Å². The second-order valence-corrected chi connectivity index (χ2v) is 2.67. The van der Waals surface area contributed by atoms with Crippen LogP contribution < -0.4 is 0 Å². The first-order valence-electron chi connectivity index (χ1n) is 2.96. The number of methoxy groups -OCH3 is 1. The molecule has 0 saturated heterocycles. The standard InChI is InChI=1S/C5H9N3O2S/c1-10-5(9)2-3-11-4-7-8-6/h2-4H2,1H3. The number of nitrogens with zero attached hydrogens (tertiary/aromatic N) is 3. The topological polar surface area (TPSA) is 75.1 Å². The van der Waals surface area contributed by atoms with Crippen molar-refractivity contribution in [3.8, 4) is 0 Å². The minimum absolute atomic E-state index is 0.238. The van der Waals surface area contributed by atoms with E-state index in [2.05, 4.69) is 14.8 Å². The first-order chi connectivity index (χ1) is 5.31. The number of rotatable bonds is 5. The molecule has 62 valence electrons. The van der Waals surface area contributed by atoms with Gasteiger partial charge in [-0.05, 0) is 5.53 Å². The van der Waals surface area contributed by atoms with Crippen LogP contribution in [-0.2, 0) is 9.53 Å². The third kappa shape index (κ3) is 7.02. The third-order valence-corrected chi connectivity index (χ3v) is 1.68. The van der Waals surface area contributed by atoms with E-state index in [9.17, 15) is 4.79 Å². The molecule has 0 heterocycles. The van der Waals surface area contributed by atoms with Crippen molar-refractivity contribution < 1.29 is 9.53 Å². The molecule has 0 aliphatic heterocycles. The maximum absolute atomic E-state index is 10.5. The van der Waals surface area contributed by atoms with Gasteiger partial charge in [0.05, 0.1) is 19.4 Å². The van der Waals surface area contributed by atoms with Crippen molar-refractivity contribution in [2.75, 3.05) is 18.7 Å². The van der Waals surface area contributed by atoms with Crippen LogP contribution in [0.4, 0.5) is 0 Å². The monoisotopic (exact) mass is 175 g/mol. The highest BCUT2D eigenvalue weighted by atomic mass is 32.2. The number of thioether (sulfide) groups is 1. The molecule has 0 aliphatic carbocycles. The van der Waals surface area contributed by atoms with Crippen LogP contribution in [0.1, 0.15) is 6.42 Å². The Kier molecular flexibility index (Phi) is 6.67. The summed E-state index contributed by atoms with van der Waals surface area (Å²) in [5, 5.41) is 3.29. The Balaban J connectivity index is 3.14. The predicted molar refractivity (Wildman–Crippen MR) is 43.1 cm³/mol. The summed E-state index contributed by atoms with van der Waals surface area (Å²) in [6.07, 6.45) is 0.363. The zero-order chi connectivity index (χ0) is 8.53. The largest absolute Gasteiger partial charge is 0.469 e. The molecule has 0 spiro atoms. The Morgan fingerprint density at radius 1 is 1.82 bits per heavy atom. The number of hydrogen-bond donors (Lipinski definition) is 0. The van der Waals surface area contributed by atoms with Crippen molar-refractivity contribution >= 4 is 17.7 Å². The highest BCUT2D eigenvalue weighted by molar-refractivity contribution is 7.99. The Bertz CT molecular complexity index is 167. The molecule has 0 bridgehead atoms. The van der Waals surface area contributed by atoms with E-state index in [1.165, 1.54) is 18.9 Å². The lowest BCUT2D eigenvalue weighted by Crippen LogP contribution is -2.00. The van der Waals surface area contributed by atoms with E-state index in [1.54, 1.807) is 0 Å². The Labute approximate surface area is 68.7 Å². The lowest BCUT2D eigenvalue weighted by atomic mass is 10.5. The molecule has 0 fully saturated rings. The Hall–Kier alpha value is -0.870. The number of carbonyl (C=O) groups excluding carboxylic acids is 1. The van der Waals surface area contributed by atoms with Crippen molar-refractivity contribution in [2.24, 2.45) is 5.11 Å². The summed E-state index contributed by atoms with van der Waals surface area (Å²) in [7, 11) is 1.35. The molecule has 0 amide bonds. The maximum atomic E-state index is 10.5. The van der Waals surface area contributed by atoms with Gasteiger partial charge in [-0.15, -0.1) is 0 Å². The van der Waals surface area contributed by atoms with Crippen LogP contribution in [0.25, 0.3) is 10.4 Å². The van der Waals surface area contributed by atoms with Gasteiger partial charge in [0.1, 0.15) is 0 Å². The molecule has 0 aromatic carbocycles. The second-order valence-electron chi connectivity index (χ2n) is 1.59. The quantitative estimate of drug-likeness (QED) is 0.209. The molecule has 0 unspecified atom stereocenters. The summed E-state index contributed by atoms with van der Waals surface area (Å²) >= 11 is 1.40. The summed E-state index contributed by atoms with van der Waals surface area (Å²) in [5.41, 5.74) is 7.87. The smallest absolute Gasteiger partial charge is 0.306 e. The van der Waals surface area contributed by atoms with Gasteiger partial charge in [-0.2, -0.15) is 11.8 Å². The molecule has 0 rings (SSSR count). The van der Waals surface area contributed by atoms with Crippen LogP contribution in [0, 0.1) is 0 Å². The van der Waals surface area contributed by atoms with Gasteiger partial charge >= 0.3 is 5.97 Å². The summed E-state index contributed by atoms with van der Waals surface area (Å²) in [6, 6.07) is 0. The summed E-state index contributed by atoms with van der Waals surface area (Å²) < 4.78 is 4.40. The zero-order valence-electron chi connectivity index (χ0n) is 6.19. The van der Waals surface area contributed by atoms with E-state index < -0.39 is 0 Å². The van der Waals surface area contributed by atoms with Crippen LogP contribution in [0.3, 0.4) is 0 Å². The second kappa shape index (κ2) is 7.24. The van der Waals surface area contributed by atoms with E-state index in [0.717, 1.165) is 0 Å². The third-order valence-electron chi connectivity index (χ3n) is 0.890. The number of esters is 1. The van der Waals surface area contributed by atoms with E-state index in [-0.39, 0.29) is 5.97 Å². The first-order valence-corrected chi connectivity index (χ1v) is 4.12. The average Bonchev–Trinajstić information content (AvgIpc) is 2.04. The van der Waals surface area contributed by atoms with Crippen LogP contribution in [-0.4, -0.2) is 24.7 Å². The van der Waals surface area contributed by atoms with Crippen molar-refractivity contribution in [3.05, 3.63) is 10.4 Å². The van der Waals surface area contributed by atoms with Crippen LogP contribution >= 0.6 is 11.8 Å². The van der Waals surface area contributed by atoms with Gasteiger partial charge in [0, 0.05) is 10.7 Å². The summed E-state index contributed by atoms with van der Waals surface area (Å²) in [5.74, 6) is 0.762. The van der Waals surface area contributed by atoms with Gasteiger partial charge in [0.15, 0.2) is 0 Å². The van der Waals surface area contributed by atoms with Crippen molar-refractivity contribution in [1.29, 1.82) is 0 Å². The number of ether oxygens (including phenoxy) is 1. The molecule has 0 aromatic heterocycles. The molecule has 0 radical (unpaired) electrons. The van der Waals surface area contributed by atoms with Gasteiger partial charge in [-0.1, -0.05) is 5.11 Å². The lowest BCUT2D eigenvalue weighted by Gasteiger charge is -1.95. The van der Waals surface area contributed by atoms with Gasteiger partial charge in [0.2, 0.25) is 0 Å². The molecule has 11 heavy (non-hydrogen) atoms. The molecule has 0 saturated carbocycles. The van der Waals surface area contributed by atoms with Gasteiger partial charge in [-0.25, -0.2) is 0 Å². The van der Waals surface area contributed by atoms with E-state index in [1.807, 2.05) is 0 Å². The van der Waals surface area contributed by atoms with E-state index in [0.29, 0.717) is 18.1 Å². The Morgan fingerprint density at radius 2 is 2.55 bits per heavy atom. The molecular formula is C5H9N3O2S. The first kappa shape index (κ1) is 10.1. The van der Waals surface area contributed by atoms with Crippen molar-refractivity contribution in [3.63, 3.8) is 0 Å². The van der Waals surface area contributed by atoms with Gasteiger partial charge in [-0.3, -0.25) is 4.79 Å². The van der Waals surface area contributed by atoms with Gasteiger partial charge in [0.25, 0.3) is 0 Å². The zero-order valence-corrected chi connectivity index (χ0v) is 7.00. The maximum Gasteiger partial charge on any atom is 0.306 e. The fourth-order valence-corrected chi connectivity index (χ4v) is 0.962. The molecule has 0 aliphatic rings. The van der Waals surface area contributed by atoms with Crippen LogP contribution in [0.15, 0.2) is 5.11 Å². The fourth-order valence-electron chi connectivity index (χ4n) is 0.389. The van der Waals surface area contributed by atoms with Gasteiger partial charge < -0.3 is 4.74 Å². The molecule has 5 nitrogen and oxygen atoms in total. The molecule has 0 atom stereocenters. The van der Waals surface area contributed by atoms with Crippen LogP contribution in [0.5, 0.6) is 0 Å². The highest BCUT2D eigenvalue weighted by Crippen LogP contribution is 2.02. The average molecular weight is 175 g/mol. The molecule has 0 N–H and O–H groups in total.